The Labute approximate surface area is 83.8 Å². The highest BCUT2D eigenvalue weighted by atomic mass is 31.1. The lowest BCUT2D eigenvalue weighted by atomic mass is 10.4. The van der Waals surface area contributed by atoms with E-state index in [4.69, 9.17) is 0 Å². The van der Waals surface area contributed by atoms with Crippen LogP contribution in [0.5, 0.6) is 0 Å². The maximum Gasteiger partial charge on any atom is 0.0458 e. The number of aliphatic imine (C=N–C) groups is 1. The largest absolute Gasteiger partial charge is 0.320 e. The van der Waals surface area contributed by atoms with Gasteiger partial charge >= 0.3 is 0 Å². The van der Waals surface area contributed by atoms with Crippen molar-refractivity contribution in [1.82, 2.24) is 10.2 Å². The molecule has 0 amide bonds. The number of nitrogens with one attached hydrogen (secondary N) is 1. The fourth-order valence-electron chi connectivity index (χ4n) is 0.977. The molecule has 13 heavy (non-hydrogen) atoms. The molecule has 78 valence electrons. The SMILES string of the molecule is CNCCCN=C(CN(C)C)PC. The van der Waals surface area contributed by atoms with Gasteiger partial charge in [0.05, 0.1) is 0 Å². The third-order valence-electron chi connectivity index (χ3n) is 1.64. The topological polar surface area (TPSA) is 27.6 Å². The Morgan fingerprint density at radius 2 is 2.15 bits per heavy atom. The second-order valence-electron chi connectivity index (χ2n) is 3.27. The van der Waals surface area contributed by atoms with Crippen LogP contribution in [0.25, 0.3) is 0 Å². The number of rotatable bonds is 7. The maximum atomic E-state index is 4.57. The summed E-state index contributed by atoms with van der Waals surface area (Å²) in [4.78, 5) is 6.74. The van der Waals surface area contributed by atoms with Crippen molar-refractivity contribution in [2.75, 3.05) is 47.4 Å². The van der Waals surface area contributed by atoms with Crippen LogP contribution < -0.4 is 5.32 Å². The van der Waals surface area contributed by atoms with Gasteiger partial charge in [-0.2, -0.15) is 0 Å². The summed E-state index contributed by atoms with van der Waals surface area (Å²) in [7, 11) is 6.99. The molecule has 0 aromatic rings. The Morgan fingerprint density at radius 1 is 1.46 bits per heavy atom. The quantitative estimate of drug-likeness (QED) is 0.377. The van der Waals surface area contributed by atoms with Crippen molar-refractivity contribution in [2.45, 2.75) is 6.42 Å². The minimum atomic E-state index is 0.842. The van der Waals surface area contributed by atoms with E-state index in [0.717, 1.165) is 34.6 Å². The molecule has 0 heterocycles. The molecule has 0 aromatic carbocycles. The van der Waals surface area contributed by atoms with Gasteiger partial charge in [-0.05, 0) is 40.8 Å². The van der Waals surface area contributed by atoms with Crippen molar-refractivity contribution in [2.24, 2.45) is 4.99 Å². The van der Waals surface area contributed by atoms with E-state index in [1.165, 1.54) is 5.45 Å². The first-order chi connectivity index (χ1) is 6.20. The van der Waals surface area contributed by atoms with E-state index in [2.05, 4.69) is 36.0 Å². The predicted octanol–water partition coefficient (Wildman–Crippen LogP) is 0.864. The number of hydrogen-bond acceptors (Lipinski definition) is 3. The Kier molecular flexibility index (Phi) is 8.62. The van der Waals surface area contributed by atoms with E-state index in [1.54, 1.807) is 0 Å². The molecule has 0 aliphatic carbocycles. The molecule has 0 aliphatic heterocycles. The standard InChI is InChI=1S/C9H22N3P/c1-10-6-5-7-11-9(13-4)8-12(2)3/h10,13H,5-8H2,1-4H3. The lowest BCUT2D eigenvalue weighted by molar-refractivity contribution is 0.471. The average molecular weight is 203 g/mol. The number of nitrogens with zero attached hydrogens (tertiary/aromatic N) is 2. The van der Waals surface area contributed by atoms with Crippen molar-refractivity contribution in [3.05, 3.63) is 0 Å². The zero-order valence-electron chi connectivity index (χ0n) is 9.22. The maximum absolute atomic E-state index is 4.57. The second kappa shape index (κ2) is 8.61. The van der Waals surface area contributed by atoms with Crippen molar-refractivity contribution >= 4 is 14.0 Å². The van der Waals surface area contributed by atoms with Gasteiger partial charge in [-0.3, -0.25) is 4.99 Å². The first-order valence-electron chi connectivity index (χ1n) is 4.71. The molecule has 1 unspecified atom stereocenters. The van der Waals surface area contributed by atoms with Gasteiger partial charge < -0.3 is 10.2 Å². The molecule has 4 heteroatoms. The summed E-state index contributed by atoms with van der Waals surface area (Å²) in [6, 6.07) is 0. The zero-order chi connectivity index (χ0) is 10.1. The highest BCUT2D eigenvalue weighted by molar-refractivity contribution is 7.57. The van der Waals surface area contributed by atoms with Crippen LogP contribution in [0.15, 0.2) is 4.99 Å². The van der Waals surface area contributed by atoms with Crippen molar-refractivity contribution < 1.29 is 0 Å². The summed E-state index contributed by atoms with van der Waals surface area (Å²) in [5.41, 5.74) is 1.33. The Bertz CT molecular complexity index is 146. The highest BCUT2D eigenvalue weighted by Gasteiger charge is 1.97. The Hall–Kier alpha value is 0.0200. The van der Waals surface area contributed by atoms with E-state index in [1.807, 2.05) is 7.05 Å². The Morgan fingerprint density at radius 3 is 2.62 bits per heavy atom. The molecular weight excluding hydrogens is 181 g/mol. The zero-order valence-corrected chi connectivity index (χ0v) is 10.2. The lowest BCUT2D eigenvalue weighted by Gasteiger charge is -2.10. The molecule has 1 N–H and O–H groups in total. The van der Waals surface area contributed by atoms with Crippen LogP contribution in [-0.2, 0) is 0 Å². The highest BCUT2D eigenvalue weighted by Crippen LogP contribution is 2.07. The monoisotopic (exact) mass is 203 g/mol. The van der Waals surface area contributed by atoms with Crippen molar-refractivity contribution in [3.63, 3.8) is 0 Å². The van der Waals surface area contributed by atoms with E-state index in [0.29, 0.717) is 0 Å². The van der Waals surface area contributed by atoms with E-state index < -0.39 is 0 Å². The summed E-state index contributed by atoms with van der Waals surface area (Å²) in [5.74, 6) is 0. The molecule has 0 rings (SSSR count). The van der Waals surface area contributed by atoms with Gasteiger partial charge in [0.15, 0.2) is 0 Å². The first kappa shape index (κ1) is 13.0. The minimum absolute atomic E-state index is 0.842. The molecule has 0 aromatic heterocycles. The van der Waals surface area contributed by atoms with Crippen LogP contribution in [0.4, 0.5) is 0 Å². The normalized spacial score (nSPS) is 13.5. The molecule has 0 aliphatic rings. The molecule has 0 saturated carbocycles. The van der Waals surface area contributed by atoms with E-state index in [-0.39, 0.29) is 0 Å². The smallest absolute Gasteiger partial charge is 0.0458 e. The van der Waals surface area contributed by atoms with Crippen molar-refractivity contribution in [3.8, 4) is 0 Å². The lowest BCUT2D eigenvalue weighted by Crippen LogP contribution is -2.19. The van der Waals surface area contributed by atoms with Gasteiger partial charge in [0, 0.05) is 18.5 Å². The molecule has 3 nitrogen and oxygen atoms in total. The number of hydrogen-bond donors (Lipinski definition) is 1. The van der Waals surface area contributed by atoms with Crippen LogP contribution in [0.2, 0.25) is 0 Å². The minimum Gasteiger partial charge on any atom is -0.320 e. The van der Waals surface area contributed by atoms with E-state index >= 15 is 0 Å². The molecule has 1 atom stereocenters. The van der Waals surface area contributed by atoms with Gasteiger partial charge in [-0.1, -0.05) is 8.58 Å². The van der Waals surface area contributed by atoms with Crippen LogP contribution in [0.1, 0.15) is 6.42 Å². The third kappa shape index (κ3) is 8.35. The van der Waals surface area contributed by atoms with Gasteiger partial charge in [-0.25, -0.2) is 0 Å². The van der Waals surface area contributed by atoms with E-state index in [9.17, 15) is 0 Å². The van der Waals surface area contributed by atoms with Gasteiger partial charge in [-0.15, -0.1) is 0 Å². The van der Waals surface area contributed by atoms with Gasteiger partial charge in [0.25, 0.3) is 0 Å². The Balaban J connectivity index is 3.65. The summed E-state index contributed by atoms with van der Waals surface area (Å²) in [6.45, 7) is 5.23. The van der Waals surface area contributed by atoms with Crippen molar-refractivity contribution in [1.29, 1.82) is 0 Å². The van der Waals surface area contributed by atoms with Crippen LogP contribution in [-0.4, -0.2) is 57.8 Å². The van der Waals surface area contributed by atoms with Crippen LogP contribution in [0, 0.1) is 0 Å². The van der Waals surface area contributed by atoms with Crippen LogP contribution in [0.3, 0.4) is 0 Å². The molecule has 0 saturated heterocycles. The first-order valence-corrected chi connectivity index (χ1v) is 6.21. The molecule has 0 bridgehead atoms. The molecule has 0 radical (unpaired) electrons. The summed E-state index contributed by atoms with van der Waals surface area (Å²) in [6.07, 6.45) is 1.14. The van der Waals surface area contributed by atoms with Crippen LogP contribution >= 0.6 is 8.58 Å². The summed E-state index contributed by atoms with van der Waals surface area (Å²) < 4.78 is 0. The third-order valence-corrected chi connectivity index (χ3v) is 2.54. The second-order valence-corrected chi connectivity index (χ2v) is 4.35. The predicted molar refractivity (Wildman–Crippen MR) is 63.6 cm³/mol. The molecule has 0 fully saturated rings. The van der Waals surface area contributed by atoms with Gasteiger partial charge in [0.2, 0.25) is 0 Å². The average Bonchev–Trinajstić information content (AvgIpc) is 2.09. The summed E-state index contributed by atoms with van der Waals surface area (Å²) >= 11 is 0. The fraction of sp³-hybridized carbons (Fsp3) is 0.889. The van der Waals surface area contributed by atoms with Gasteiger partial charge in [0.1, 0.15) is 0 Å². The summed E-state index contributed by atoms with van der Waals surface area (Å²) in [5, 5.41) is 3.12. The fourth-order valence-corrected chi connectivity index (χ4v) is 1.72. The molecular formula is C9H22N3P. The molecule has 0 spiro atoms.